The topological polar surface area (TPSA) is 56.5 Å². The lowest BCUT2D eigenvalue weighted by atomic mass is 10.0. The molecule has 0 saturated heterocycles. The van der Waals surface area contributed by atoms with Crippen LogP contribution in [0.15, 0.2) is 51.5 Å². The van der Waals surface area contributed by atoms with Crippen LogP contribution in [0.2, 0.25) is 0 Å². The van der Waals surface area contributed by atoms with Crippen LogP contribution in [0.5, 0.6) is 11.5 Å². The van der Waals surface area contributed by atoms with E-state index in [0.717, 1.165) is 51.5 Å². The minimum Gasteiger partial charge on any atom is -0.454 e. The number of hydrogen-bond donors (Lipinski definition) is 1. The van der Waals surface area contributed by atoms with E-state index >= 15 is 0 Å². The fourth-order valence-corrected chi connectivity index (χ4v) is 3.40. The fourth-order valence-electron chi connectivity index (χ4n) is 3.14. The van der Waals surface area contributed by atoms with Crippen molar-refractivity contribution in [3.8, 4) is 22.8 Å². The molecule has 0 saturated carbocycles. The standard InChI is InChI=1S/C21H21BrN2O3/c1-13(3-4-15-5-10-18-19(11-15)26-12-25-18)23-20-14(2)24-27-21(20)16-6-8-17(22)9-7-16/h5-11,13,23H,3-4,12H2,1-2H3. The monoisotopic (exact) mass is 428 g/mol. The Bertz CT molecular complexity index is 937. The second-order valence-electron chi connectivity index (χ2n) is 6.75. The van der Waals surface area contributed by atoms with Gasteiger partial charge in [-0.2, -0.15) is 0 Å². The first-order chi connectivity index (χ1) is 13.1. The summed E-state index contributed by atoms with van der Waals surface area (Å²) in [5.74, 6) is 2.43. The van der Waals surface area contributed by atoms with Crippen LogP contribution in [-0.2, 0) is 6.42 Å². The van der Waals surface area contributed by atoms with Gasteiger partial charge in [0.15, 0.2) is 17.3 Å². The van der Waals surface area contributed by atoms with Crippen LogP contribution >= 0.6 is 15.9 Å². The Morgan fingerprint density at radius 1 is 1.11 bits per heavy atom. The van der Waals surface area contributed by atoms with Crippen LogP contribution in [-0.4, -0.2) is 18.0 Å². The maximum atomic E-state index is 5.58. The summed E-state index contributed by atoms with van der Waals surface area (Å²) < 4.78 is 17.4. The van der Waals surface area contributed by atoms with Crippen molar-refractivity contribution in [2.75, 3.05) is 12.1 Å². The molecular weight excluding hydrogens is 408 g/mol. The third-order valence-corrected chi connectivity index (χ3v) is 5.19. The molecule has 0 spiro atoms. The molecule has 140 valence electrons. The predicted octanol–water partition coefficient (Wildman–Crippen LogP) is 5.57. The van der Waals surface area contributed by atoms with Crippen LogP contribution in [0.1, 0.15) is 24.6 Å². The van der Waals surface area contributed by atoms with Crippen LogP contribution in [0.25, 0.3) is 11.3 Å². The number of benzene rings is 2. The quantitative estimate of drug-likeness (QED) is 0.555. The number of nitrogens with zero attached hydrogens (tertiary/aromatic N) is 1. The zero-order chi connectivity index (χ0) is 18.8. The molecule has 1 aliphatic heterocycles. The maximum Gasteiger partial charge on any atom is 0.231 e. The smallest absolute Gasteiger partial charge is 0.231 e. The van der Waals surface area contributed by atoms with Crippen LogP contribution in [0.3, 0.4) is 0 Å². The molecule has 1 aliphatic rings. The second-order valence-corrected chi connectivity index (χ2v) is 7.67. The normalized spacial score (nSPS) is 13.6. The summed E-state index contributed by atoms with van der Waals surface area (Å²) in [6.45, 7) is 4.44. The van der Waals surface area contributed by atoms with Crippen molar-refractivity contribution < 1.29 is 14.0 Å². The van der Waals surface area contributed by atoms with E-state index in [-0.39, 0.29) is 6.04 Å². The van der Waals surface area contributed by atoms with E-state index in [1.165, 1.54) is 5.56 Å². The van der Waals surface area contributed by atoms with Crippen LogP contribution in [0, 0.1) is 6.92 Å². The van der Waals surface area contributed by atoms with E-state index in [0.29, 0.717) is 6.79 Å². The molecule has 2 aromatic carbocycles. The summed E-state index contributed by atoms with van der Waals surface area (Å²) in [5, 5.41) is 7.72. The van der Waals surface area contributed by atoms with Gasteiger partial charge in [-0.25, -0.2) is 0 Å². The van der Waals surface area contributed by atoms with E-state index in [1.54, 1.807) is 0 Å². The number of ether oxygens (including phenoxy) is 2. The number of aromatic nitrogens is 1. The highest BCUT2D eigenvalue weighted by Crippen LogP contribution is 2.34. The Labute approximate surface area is 166 Å². The molecule has 0 fully saturated rings. The molecule has 5 nitrogen and oxygen atoms in total. The average Bonchev–Trinajstić information content (AvgIpc) is 3.27. The van der Waals surface area contributed by atoms with Crippen LogP contribution < -0.4 is 14.8 Å². The van der Waals surface area contributed by atoms with Crippen molar-refractivity contribution in [2.45, 2.75) is 32.7 Å². The van der Waals surface area contributed by atoms with Gasteiger partial charge in [-0.1, -0.05) is 27.2 Å². The van der Waals surface area contributed by atoms with Gasteiger partial charge in [0.25, 0.3) is 0 Å². The van der Waals surface area contributed by atoms with Gasteiger partial charge < -0.3 is 19.3 Å². The van der Waals surface area contributed by atoms with E-state index in [4.69, 9.17) is 14.0 Å². The van der Waals surface area contributed by atoms with E-state index in [2.05, 4.69) is 45.5 Å². The highest BCUT2D eigenvalue weighted by molar-refractivity contribution is 9.10. The molecular formula is C21H21BrN2O3. The first kappa shape index (κ1) is 17.9. The number of anilines is 1. The molecule has 6 heteroatoms. The molecule has 3 aromatic rings. The van der Waals surface area contributed by atoms with E-state index in [9.17, 15) is 0 Å². The molecule has 27 heavy (non-hydrogen) atoms. The lowest BCUT2D eigenvalue weighted by Gasteiger charge is -2.15. The highest BCUT2D eigenvalue weighted by atomic mass is 79.9. The fraction of sp³-hybridized carbons (Fsp3) is 0.286. The molecule has 0 radical (unpaired) electrons. The third kappa shape index (κ3) is 3.95. The molecule has 0 amide bonds. The lowest BCUT2D eigenvalue weighted by Crippen LogP contribution is -2.16. The van der Waals surface area contributed by atoms with Gasteiger partial charge in [-0.05, 0) is 68.7 Å². The average molecular weight is 429 g/mol. The van der Waals surface area contributed by atoms with Crippen molar-refractivity contribution in [1.82, 2.24) is 5.16 Å². The van der Waals surface area contributed by atoms with Gasteiger partial charge in [0.05, 0.1) is 0 Å². The Kier molecular flexibility index (Phi) is 5.07. The summed E-state index contributed by atoms with van der Waals surface area (Å²) in [7, 11) is 0. The van der Waals surface area contributed by atoms with E-state index < -0.39 is 0 Å². The third-order valence-electron chi connectivity index (χ3n) is 4.66. The SMILES string of the molecule is Cc1noc(-c2ccc(Br)cc2)c1NC(C)CCc1ccc2c(c1)OCO2. The summed E-state index contributed by atoms with van der Waals surface area (Å²) in [5.41, 5.74) is 4.06. The largest absolute Gasteiger partial charge is 0.454 e. The number of aryl methyl sites for hydroxylation is 2. The van der Waals surface area contributed by atoms with E-state index in [1.807, 2.05) is 37.3 Å². The first-order valence-electron chi connectivity index (χ1n) is 8.97. The predicted molar refractivity (Wildman–Crippen MR) is 108 cm³/mol. The number of halogens is 1. The van der Waals surface area contributed by atoms with Gasteiger partial charge in [0, 0.05) is 16.1 Å². The zero-order valence-corrected chi connectivity index (χ0v) is 16.9. The molecule has 2 heterocycles. The second kappa shape index (κ2) is 7.64. The van der Waals surface area contributed by atoms with Crippen molar-refractivity contribution in [3.63, 3.8) is 0 Å². The Morgan fingerprint density at radius 3 is 2.70 bits per heavy atom. The molecule has 1 atom stereocenters. The van der Waals surface area contributed by atoms with Crippen LogP contribution in [0.4, 0.5) is 5.69 Å². The lowest BCUT2D eigenvalue weighted by molar-refractivity contribution is 0.174. The molecule has 4 rings (SSSR count). The summed E-state index contributed by atoms with van der Waals surface area (Å²) in [4.78, 5) is 0. The molecule has 1 N–H and O–H groups in total. The van der Waals surface area contributed by atoms with Gasteiger partial charge in [-0.3, -0.25) is 0 Å². The van der Waals surface area contributed by atoms with Gasteiger partial charge in [0.1, 0.15) is 11.4 Å². The summed E-state index contributed by atoms with van der Waals surface area (Å²) in [6, 6.07) is 14.4. The Hall–Kier alpha value is -2.47. The molecule has 1 aromatic heterocycles. The van der Waals surface area contributed by atoms with Crippen molar-refractivity contribution in [1.29, 1.82) is 0 Å². The highest BCUT2D eigenvalue weighted by Gasteiger charge is 2.18. The maximum absolute atomic E-state index is 5.58. The summed E-state index contributed by atoms with van der Waals surface area (Å²) in [6.07, 6.45) is 1.92. The van der Waals surface area contributed by atoms with Crippen molar-refractivity contribution in [3.05, 3.63) is 58.2 Å². The first-order valence-corrected chi connectivity index (χ1v) is 9.77. The number of hydrogen-bond acceptors (Lipinski definition) is 5. The number of rotatable bonds is 6. The van der Waals surface area contributed by atoms with Crippen molar-refractivity contribution >= 4 is 21.6 Å². The number of fused-ring (bicyclic) bond motifs is 1. The Balaban J connectivity index is 1.43. The minimum atomic E-state index is 0.266. The van der Waals surface area contributed by atoms with Gasteiger partial charge in [0.2, 0.25) is 6.79 Å². The molecule has 0 bridgehead atoms. The zero-order valence-electron chi connectivity index (χ0n) is 15.3. The van der Waals surface area contributed by atoms with Crippen molar-refractivity contribution in [2.24, 2.45) is 0 Å². The summed E-state index contributed by atoms with van der Waals surface area (Å²) >= 11 is 3.46. The molecule has 1 unspecified atom stereocenters. The number of nitrogens with one attached hydrogen (secondary N) is 1. The molecule has 0 aliphatic carbocycles. The minimum absolute atomic E-state index is 0.266. The van der Waals surface area contributed by atoms with Gasteiger partial charge >= 0.3 is 0 Å². The Morgan fingerprint density at radius 2 is 1.89 bits per heavy atom. The van der Waals surface area contributed by atoms with Gasteiger partial charge in [-0.15, -0.1) is 0 Å².